The van der Waals surface area contributed by atoms with Crippen LogP contribution in [0.2, 0.25) is 0 Å². The van der Waals surface area contributed by atoms with Crippen molar-refractivity contribution in [2.24, 2.45) is 23.7 Å². The Morgan fingerprint density at radius 2 is 1.72 bits per heavy atom. The van der Waals surface area contributed by atoms with Crippen LogP contribution in [0.3, 0.4) is 0 Å². The molecule has 5 fully saturated rings. The van der Waals surface area contributed by atoms with Crippen LogP contribution in [-0.4, -0.2) is 92.3 Å². The highest BCUT2D eigenvalue weighted by atomic mass is 35.5. The van der Waals surface area contributed by atoms with Gasteiger partial charge in [0.05, 0.1) is 35.5 Å². The minimum Gasteiger partial charge on any atom is -0.380 e. The van der Waals surface area contributed by atoms with Crippen molar-refractivity contribution < 1.29 is 23.8 Å². The van der Waals surface area contributed by atoms with Crippen LogP contribution in [0.25, 0.3) is 0 Å². The fourth-order valence-electron chi connectivity index (χ4n) is 7.39. The molecule has 8 unspecified atom stereocenters. The Morgan fingerprint density at radius 1 is 1.06 bits per heavy atom. The van der Waals surface area contributed by atoms with E-state index in [-0.39, 0.29) is 47.7 Å². The molecular formula is C23H36ClN3O5. The molecule has 2 saturated carbocycles. The predicted molar refractivity (Wildman–Crippen MR) is 118 cm³/mol. The van der Waals surface area contributed by atoms with E-state index < -0.39 is 23.0 Å². The first-order valence-electron chi connectivity index (χ1n) is 12.0. The molecule has 0 aromatic rings. The number of piperidine rings is 1. The lowest BCUT2D eigenvalue weighted by molar-refractivity contribution is -0.170. The first-order chi connectivity index (χ1) is 15.3. The van der Waals surface area contributed by atoms with E-state index in [9.17, 15) is 9.59 Å². The molecule has 0 amide bonds. The molecular weight excluding hydrogens is 434 g/mol. The summed E-state index contributed by atoms with van der Waals surface area (Å²) in [6, 6.07) is 0.0959. The van der Waals surface area contributed by atoms with Crippen LogP contribution in [-0.2, 0) is 23.8 Å². The molecule has 3 aliphatic heterocycles. The number of halogens is 1. The maximum atomic E-state index is 14.3. The maximum absolute atomic E-state index is 14.3. The van der Waals surface area contributed by atoms with Gasteiger partial charge in [-0.05, 0) is 38.3 Å². The normalized spacial score (nSPS) is 50.1. The Labute approximate surface area is 195 Å². The molecule has 0 aromatic heterocycles. The van der Waals surface area contributed by atoms with E-state index >= 15 is 0 Å². The van der Waals surface area contributed by atoms with Crippen LogP contribution in [0.1, 0.15) is 32.6 Å². The molecule has 5 aliphatic rings. The van der Waals surface area contributed by atoms with E-state index in [4.69, 9.17) is 25.8 Å². The van der Waals surface area contributed by atoms with Crippen molar-refractivity contribution in [2.45, 2.75) is 74.0 Å². The number of hydrogen-bond donors (Lipinski definition) is 2. The third-order valence-electron chi connectivity index (χ3n) is 8.94. The highest BCUT2D eigenvalue weighted by Gasteiger charge is 2.71. The summed E-state index contributed by atoms with van der Waals surface area (Å²) in [5, 5.41) is 5.05. The predicted octanol–water partition coefficient (Wildman–Crippen LogP) is 0.762. The number of carbonyl (C=O) groups is 2. The summed E-state index contributed by atoms with van der Waals surface area (Å²) >= 11 is 6.76. The molecule has 0 radical (unpaired) electrons. The zero-order valence-corrected chi connectivity index (χ0v) is 20.1. The van der Waals surface area contributed by atoms with E-state index in [1.165, 1.54) is 0 Å². The average molecular weight is 470 g/mol. The largest absolute Gasteiger partial charge is 0.380 e. The van der Waals surface area contributed by atoms with E-state index in [1.54, 1.807) is 14.2 Å². The smallest absolute Gasteiger partial charge is 0.188 e. The molecule has 0 bridgehead atoms. The maximum Gasteiger partial charge on any atom is 0.188 e. The molecule has 2 N–H and O–H groups in total. The summed E-state index contributed by atoms with van der Waals surface area (Å²) in [5.74, 6) is -0.831. The number of nitrogens with zero attached hydrogens (tertiary/aromatic N) is 1. The van der Waals surface area contributed by atoms with Gasteiger partial charge in [0.25, 0.3) is 0 Å². The zero-order chi connectivity index (χ0) is 22.8. The Bertz CT molecular complexity index is 764. The average Bonchev–Trinajstić information content (AvgIpc) is 3.29. The number of rotatable bonds is 3. The second kappa shape index (κ2) is 8.56. The van der Waals surface area contributed by atoms with E-state index in [2.05, 4.69) is 15.8 Å². The van der Waals surface area contributed by atoms with Gasteiger partial charge in [-0.3, -0.25) is 15.0 Å². The summed E-state index contributed by atoms with van der Waals surface area (Å²) < 4.78 is 17.8. The highest BCUT2D eigenvalue weighted by Crippen LogP contribution is 2.53. The summed E-state index contributed by atoms with van der Waals surface area (Å²) in [6.45, 7) is 3.90. The van der Waals surface area contributed by atoms with Gasteiger partial charge in [-0.15, -0.1) is 11.6 Å². The summed E-state index contributed by atoms with van der Waals surface area (Å²) in [6.07, 6.45) is 2.06. The third kappa shape index (κ3) is 3.17. The van der Waals surface area contributed by atoms with Crippen LogP contribution < -0.4 is 10.7 Å². The van der Waals surface area contributed by atoms with Crippen molar-refractivity contribution in [1.82, 2.24) is 15.8 Å². The van der Waals surface area contributed by atoms with Crippen LogP contribution >= 0.6 is 11.6 Å². The summed E-state index contributed by atoms with van der Waals surface area (Å²) in [4.78, 5) is 28.3. The standard InChI is InChI=1S/C23H36ClN3O5/c1-11-9-13-16(19(27(2)26-13)12-5-7-25-8-6-12)21(28)23(11)22(29)17-14(30-3)10-15(31-4)18(24)20(17)32-23/h11-20,25-26H,5-10H2,1-4H3/t11-,13?,14?,15?,16?,17?,18?,19?,20?,23+/m1/s1. The molecule has 180 valence electrons. The van der Waals surface area contributed by atoms with Gasteiger partial charge < -0.3 is 19.5 Å². The molecule has 10 atom stereocenters. The van der Waals surface area contributed by atoms with Gasteiger partial charge in [0.1, 0.15) is 0 Å². The topological polar surface area (TPSA) is 89.1 Å². The lowest BCUT2D eigenvalue weighted by Gasteiger charge is -2.44. The number of fused-ring (bicyclic) bond motifs is 2. The SMILES string of the molecule is COC1CC(OC)C2C(=O)[C@@]3(OC2C1Cl)C(=O)C1C(C[C@H]3C)NN(C)C1C1CCNCC1. The molecule has 5 rings (SSSR count). The van der Waals surface area contributed by atoms with Crippen molar-refractivity contribution >= 4 is 23.2 Å². The molecule has 3 heterocycles. The van der Waals surface area contributed by atoms with Gasteiger partial charge in [0.2, 0.25) is 0 Å². The van der Waals surface area contributed by atoms with E-state index in [0.29, 0.717) is 18.8 Å². The first-order valence-corrected chi connectivity index (χ1v) is 12.4. The van der Waals surface area contributed by atoms with Gasteiger partial charge in [0, 0.05) is 45.7 Å². The van der Waals surface area contributed by atoms with Crippen LogP contribution in [0.5, 0.6) is 0 Å². The number of hydrazine groups is 1. The molecule has 2 aliphatic carbocycles. The number of nitrogens with one attached hydrogen (secondary N) is 2. The van der Waals surface area contributed by atoms with Gasteiger partial charge in [0.15, 0.2) is 17.2 Å². The summed E-state index contributed by atoms with van der Waals surface area (Å²) in [5.41, 5.74) is 2.10. The molecule has 32 heavy (non-hydrogen) atoms. The third-order valence-corrected chi connectivity index (χ3v) is 9.47. The zero-order valence-electron chi connectivity index (χ0n) is 19.4. The molecule has 9 heteroatoms. The first kappa shape index (κ1) is 23.1. The van der Waals surface area contributed by atoms with E-state index in [0.717, 1.165) is 25.9 Å². The van der Waals surface area contributed by atoms with Crippen molar-refractivity contribution in [3.8, 4) is 0 Å². The number of Topliss-reactive ketones (excluding diaryl/α,β-unsaturated/α-hetero) is 2. The Hall–Kier alpha value is -0.610. The highest BCUT2D eigenvalue weighted by molar-refractivity contribution is 6.23. The van der Waals surface area contributed by atoms with Gasteiger partial charge in [-0.2, -0.15) is 0 Å². The Kier molecular flexibility index (Phi) is 6.19. The number of methoxy groups -OCH3 is 2. The van der Waals surface area contributed by atoms with Crippen molar-refractivity contribution in [3.63, 3.8) is 0 Å². The monoisotopic (exact) mass is 469 g/mol. The fourth-order valence-corrected chi connectivity index (χ4v) is 7.80. The van der Waals surface area contributed by atoms with Crippen molar-refractivity contribution in [1.29, 1.82) is 0 Å². The van der Waals surface area contributed by atoms with Gasteiger partial charge >= 0.3 is 0 Å². The molecule has 8 nitrogen and oxygen atoms in total. The van der Waals surface area contributed by atoms with Crippen LogP contribution in [0.15, 0.2) is 0 Å². The molecule has 0 aromatic carbocycles. The number of ether oxygens (including phenoxy) is 3. The van der Waals surface area contributed by atoms with Gasteiger partial charge in [-0.1, -0.05) is 6.92 Å². The van der Waals surface area contributed by atoms with Crippen molar-refractivity contribution in [2.75, 3.05) is 34.4 Å². The number of alkyl halides is 1. The van der Waals surface area contributed by atoms with Crippen molar-refractivity contribution in [3.05, 3.63) is 0 Å². The second-order valence-corrected chi connectivity index (χ2v) is 10.9. The molecule has 3 saturated heterocycles. The quantitative estimate of drug-likeness (QED) is 0.462. The van der Waals surface area contributed by atoms with Crippen LogP contribution in [0.4, 0.5) is 0 Å². The summed E-state index contributed by atoms with van der Waals surface area (Å²) in [7, 11) is 5.25. The Balaban J connectivity index is 1.50. The fraction of sp³-hybridized carbons (Fsp3) is 0.913. The number of hydrogen-bond acceptors (Lipinski definition) is 8. The minimum absolute atomic E-state index is 0.0313. The number of carbonyl (C=O) groups excluding carboxylic acids is 2. The second-order valence-electron chi connectivity index (χ2n) is 10.4. The lowest BCUT2D eigenvalue weighted by atomic mass is 9.62. The minimum atomic E-state index is -1.44. The lowest BCUT2D eigenvalue weighted by Crippen LogP contribution is -2.62. The van der Waals surface area contributed by atoms with Gasteiger partial charge in [-0.25, -0.2) is 5.01 Å². The Morgan fingerprint density at radius 3 is 2.38 bits per heavy atom. The molecule has 1 spiro atoms. The number of ketones is 2. The van der Waals surface area contributed by atoms with Crippen LogP contribution in [0, 0.1) is 23.7 Å². The van der Waals surface area contributed by atoms with E-state index in [1.807, 2.05) is 14.0 Å².